The quantitative estimate of drug-likeness (QED) is 0.167. The molecule has 4 nitrogen and oxygen atoms in total. The van der Waals surface area contributed by atoms with Gasteiger partial charge in [-0.25, -0.2) is 15.0 Å². The van der Waals surface area contributed by atoms with E-state index in [4.69, 9.17) is 15.0 Å². The van der Waals surface area contributed by atoms with Crippen LogP contribution in [-0.2, 0) is 5.41 Å². The number of hydrogen-bond donors (Lipinski definition) is 0. The molecule has 3 heterocycles. The topological polar surface area (TPSA) is 41.9 Å². The number of nitrogens with zero attached hydrogens (tertiary/aromatic N) is 4. The van der Waals surface area contributed by atoms with Crippen LogP contribution >= 0.6 is 0 Å². The third-order valence-corrected chi connectivity index (χ3v) is 13.2. The van der Waals surface area contributed by atoms with Gasteiger partial charge in [-0.1, -0.05) is 188 Å². The fraction of sp³-hybridized carbons (Fsp3) is 0.0179. The van der Waals surface area contributed by atoms with Crippen molar-refractivity contribution in [3.8, 4) is 67.5 Å². The molecule has 1 aromatic heterocycles. The van der Waals surface area contributed by atoms with E-state index in [9.17, 15) is 0 Å². The summed E-state index contributed by atoms with van der Waals surface area (Å²) in [5.41, 5.74) is 20.2. The van der Waals surface area contributed by atoms with E-state index in [1.807, 2.05) is 24.3 Å². The lowest BCUT2D eigenvalue weighted by molar-refractivity contribution is 0.791. The van der Waals surface area contributed by atoms with E-state index in [1.54, 1.807) is 0 Å². The van der Waals surface area contributed by atoms with Gasteiger partial charge in [0.1, 0.15) is 0 Å². The molecule has 61 heavy (non-hydrogen) atoms. The van der Waals surface area contributed by atoms with Crippen LogP contribution in [0.25, 0.3) is 73.1 Å². The Kier molecular flexibility index (Phi) is 7.28. The molecule has 0 N–H and O–H groups in total. The second kappa shape index (κ2) is 13.1. The lowest BCUT2D eigenvalue weighted by atomic mass is 9.48. The van der Waals surface area contributed by atoms with E-state index in [2.05, 4.69) is 193 Å². The average molecular weight is 775 g/mol. The summed E-state index contributed by atoms with van der Waals surface area (Å²) in [6, 6.07) is 71.9. The number of aromatic nitrogens is 3. The van der Waals surface area contributed by atoms with E-state index in [0.29, 0.717) is 17.5 Å². The molecule has 0 atom stereocenters. The standard InChI is InChI=1S/C56H35BN4/c1-3-15-36(16-4-1)37-27-29-39(30-28-37)54-58-53(38-17-5-2-6-18-38)59-55(60-54)40-31-32-52-45(33-40)44-22-10-14-26-51(44)57-34-46-43-21-9-13-25-49(43)56(50(46)35-61(52)57)47-23-11-7-19-41(47)42-20-8-12-24-48(42)56/h1-35H. The molecule has 5 heteroatoms. The first-order valence-corrected chi connectivity index (χ1v) is 21.0. The van der Waals surface area contributed by atoms with Crippen LogP contribution in [0.2, 0.25) is 0 Å². The molecule has 0 saturated carbocycles. The predicted octanol–water partition coefficient (Wildman–Crippen LogP) is 12.1. The minimum atomic E-state index is -0.425. The Balaban J connectivity index is 0.983. The van der Waals surface area contributed by atoms with Crippen LogP contribution in [0.4, 0.5) is 5.69 Å². The maximum Gasteiger partial charge on any atom is 0.321 e. The highest BCUT2D eigenvalue weighted by molar-refractivity contribution is 6.84. The van der Waals surface area contributed by atoms with Crippen molar-refractivity contribution in [2.24, 2.45) is 0 Å². The molecule has 0 saturated heterocycles. The summed E-state index contributed by atoms with van der Waals surface area (Å²) >= 11 is 0. The van der Waals surface area contributed by atoms with Crippen LogP contribution in [0, 0.1) is 0 Å². The van der Waals surface area contributed by atoms with E-state index < -0.39 is 5.41 Å². The molecule has 0 fully saturated rings. The van der Waals surface area contributed by atoms with Gasteiger partial charge in [0.15, 0.2) is 17.5 Å². The van der Waals surface area contributed by atoms with E-state index in [0.717, 1.165) is 33.5 Å². The summed E-state index contributed by atoms with van der Waals surface area (Å²) in [6.45, 7) is 0.0238. The van der Waals surface area contributed by atoms with Gasteiger partial charge in [0.2, 0.25) is 0 Å². The molecule has 4 aliphatic rings. The smallest absolute Gasteiger partial charge is 0.321 e. The summed E-state index contributed by atoms with van der Waals surface area (Å²) in [6.07, 6.45) is 2.47. The molecule has 282 valence electrons. The molecule has 0 amide bonds. The first-order valence-electron chi connectivity index (χ1n) is 21.0. The lowest BCUT2D eigenvalue weighted by Crippen LogP contribution is -2.50. The third-order valence-electron chi connectivity index (χ3n) is 13.2. The Morgan fingerprint density at radius 1 is 0.377 bits per heavy atom. The largest absolute Gasteiger partial charge is 0.383 e. The highest BCUT2D eigenvalue weighted by Crippen LogP contribution is 2.64. The molecule has 2 aliphatic heterocycles. The zero-order chi connectivity index (χ0) is 40.1. The van der Waals surface area contributed by atoms with Gasteiger partial charge in [-0.05, 0) is 91.1 Å². The van der Waals surface area contributed by atoms with Crippen molar-refractivity contribution in [1.29, 1.82) is 0 Å². The Morgan fingerprint density at radius 3 is 1.49 bits per heavy atom. The summed E-state index contributed by atoms with van der Waals surface area (Å²) in [5.74, 6) is 4.45. The Bertz CT molecular complexity index is 3270. The van der Waals surface area contributed by atoms with Gasteiger partial charge < -0.3 is 4.81 Å². The minimum absolute atomic E-state index is 0.0238. The SMILES string of the molecule is C1=C2C(=CN3B1c1ccccc1-c1cc(-c4nc(-c5ccccc5)nc(-c5ccc(-c6ccccc6)cc5)n4)ccc13)C1(c3ccccc32)c2ccccc2-c2ccccc21. The van der Waals surface area contributed by atoms with Crippen molar-refractivity contribution >= 4 is 23.6 Å². The van der Waals surface area contributed by atoms with Crippen LogP contribution in [0.5, 0.6) is 0 Å². The number of rotatable bonds is 4. The van der Waals surface area contributed by atoms with Crippen LogP contribution in [0.3, 0.4) is 0 Å². The lowest BCUT2D eigenvalue weighted by Gasteiger charge is -2.40. The van der Waals surface area contributed by atoms with Gasteiger partial charge in [0.25, 0.3) is 0 Å². The van der Waals surface area contributed by atoms with Crippen LogP contribution in [-0.4, -0.2) is 21.8 Å². The maximum atomic E-state index is 5.19. The van der Waals surface area contributed by atoms with E-state index >= 15 is 0 Å². The Hall–Kier alpha value is -7.89. The second-order valence-corrected chi connectivity index (χ2v) is 16.3. The number of hydrogen-bond acceptors (Lipinski definition) is 4. The van der Waals surface area contributed by atoms with Crippen molar-refractivity contribution in [2.45, 2.75) is 5.41 Å². The fourth-order valence-corrected chi connectivity index (χ4v) is 10.5. The van der Waals surface area contributed by atoms with Crippen molar-refractivity contribution in [3.63, 3.8) is 0 Å². The molecular formula is C56H35BN4. The molecule has 9 aromatic rings. The van der Waals surface area contributed by atoms with Crippen molar-refractivity contribution < 1.29 is 0 Å². The van der Waals surface area contributed by atoms with Crippen LogP contribution in [0.1, 0.15) is 22.3 Å². The second-order valence-electron chi connectivity index (χ2n) is 16.3. The van der Waals surface area contributed by atoms with E-state index in [1.165, 1.54) is 61.1 Å². The van der Waals surface area contributed by atoms with E-state index in [-0.39, 0.29) is 6.85 Å². The number of allylic oxidation sites excluding steroid dienone is 2. The zero-order valence-electron chi connectivity index (χ0n) is 33.1. The minimum Gasteiger partial charge on any atom is -0.383 e. The molecule has 0 unspecified atom stereocenters. The molecule has 13 rings (SSSR count). The highest BCUT2D eigenvalue weighted by Gasteiger charge is 2.55. The van der Waals surface area contributed by atoms with Crippen molar-refractivity contribution in [3.05, 3.63) is 240 Å². The molecule has 2 aliphatic carbocycles. The normalized spacial score (nSPS) is 14.5. The summed E-state index contributed by atoms with van der Waals surface area (Å²) < 4.78 is 0. The molecule has 0 bridgehead atoms. The fourth-order valence-electron chi connectivity index (χ4n) is 10.5. The molecule has 0 radical (unpaired) electrons. The van der Waals surface area contributed by atoms with Gasteiger partial charge in [-0.2, -0.15) is 0 Å². The third kappa shape index (κ3) is 4.92. The number of fused-ring (bicyclic) bond motifs is 16. The monoisotopic (exact) mass is 774 g/mol. The van der Waals surface area contributed by atoms with Gasteiger partial charge in [-0.3, -0.25) is 0 Å². The van der Waals surface area contributed by atoms with Gasteiger partial charge in [0, 0.05) is 27.9 Å². The molecular weight excluding hydrogens is 739 g/mol. The van der Waals surface area contributed by atoms with Crippen LogP contribution < -0.4 is 10.3 Å². The van der Waals surface area contributed by atoms with Gasteiger partial charge in [-0.15, -0.1) is 0 Å². The van der Waals surface area contributed by atoms with Crippen LogP contribution in [0.15, 0.2) is 218 Å². The molecule has 1 spiro atoms. The van der Waals surface area contributed by atoms with Gasteiger partial charge in [0.05, 0.1) is 5.41 Å². The summed E-state index contributed by atoms with van der Waals surface area (Å²) in [4.78, 5) is 17.9. The zero-order valence-corrected chi connectivity index (χ0v) is 33.1. The van der Waals surface area contributed by atoms with Gasteiger partial charge >= 0.3 is 6.85 Å². The summed E-state index contributed by atoms with van der Waals surface area (Å²) in [5, 5.41) is 0. The predicted molar refractivity (Wildman–Crippen MR) is 249 cm³/mol. The highest BCUT2D eigenvalue weighted by atomic mass is 15.1. The maximum absolute atomic E-state index is 5.19. The first-order chi connectivity index (χ1) is 30.2. The van der Waals surface area contributed by atoms with Crippen molar-refractivity contribution in [2.75, 3.05) is 4.81 Å². The first kappa shape index (κ1) is 34.0. The van der Waals surface area contributed by atoms with Crippen molar-refractivity contribution in [1.82, 2.24) is 15.0 Å². The molecule has 8 aromatic carbocycles. The average Bonchev–Trinajstić information content (AvgIpc) is 3.81. The Labute approximate surface area is 355 Å². The number of benzene rings is 8. The summed E-state index contributed by atoms with van der Waals surface area (Å²) in [7, 11) is 0. The number of anilines is 1. The Morgan fingerprint density at radius 2 is 0.836 bits per heavy atom.